The molecule has 1 atom stereocenters. The largest absolute Gasteiger partial charge is 1.00 e. The minimum Gasteiger partial charge on any atom is -1.00 e. The zero-order valence-corrected chi connectivity index (χ0v) is 7.17. The van der Waals surface area contributed by atoms with Crippen molar-refractivity contribution in [3.63, 3.8) is 0 Å². The summed E-state index contributed by atoms with van der Waals surface area (Å²) in [6.07, 6.45) is 4.88. The quantitative estimate of drug-likeness (QED) is 0.400. The Hall–Kier alpha value is -0.870. The Morgan fingerprint density at radius 3 is 2.64 bits per heavy atom. The second kappa shape index (κ2) is 3.50. The Morgan fingerprint density at radius 2 is 2.27 bits per heavy atom. The van der Waals surface area contributed by atoms with Crippen LogP contribution in [0.2, 0.25) is 0 Å². The minimum atomic E-state index is -0.0856. The van der Waals surface area contributed by atoms with Gasteiger partial charge in [0.2, 0.25) is 6.34 Å². The molecule has 1 aliphatic rings. The maximum absolute atomic E-state index is 11.1. The molecule has 1 aliphatic heterocycles. The van der Waals surface area contributed by atoms with Crippen molar-refractivity contribution in [2.75, 3.05) is 14.1 Å². The second-order valence-corrected chi connectivity index (χ2v) is 2.27. The lowest BCUT2D eigenvalue weighted by atomic mass is 10.6. The maximum Gasteiger partial charge on any atom is 0.426 e. The van der Waals surface area contributed by atoms with Crippen molar-refractivity contribution in [3.8, 4) is 0 Å². The van der Waals surface area contributed by atoms with E-state index in [1.54, 1.807) is 32.8 Å². The van der Waals surface area contributed by atoms with Crippen molar-refractivity contribution in [1.29, 1.82) is 0 Å². The van der Waals surface area contributed by atoms with Gasteiger partial charge in [0.05, 0.1) is 13.2 Å². The van der Waals surface area contributed by atoms with Gasteiger partial charge >= 0.3 is 6.03 Å². The van der Waals surface area contributed by atoms with Crippen molar-refractivity contribution in [2.24, 2.45) is 4.99 Å². The van der Waals surface area contributed by atoms with Gasteiger partial charge in [0.25, 0.3) is 0 Å². The fourth-order valence-electron chi connectivity index (χ4n) is 0.753. The highest BCUT2D eigenvalue weighted by molar-refractivity contribution is 5.77. The van der Waals surface area contributed by atoms with Gasteiger partial charge in [-0.05, 0) is 0 Å². The van der Waals surface area contributed by atoms with Crippen LogP contribution in [0.1, 0.15) is 0 Å². The summed E-state index contributed by atoms with van der Waals surface area (Å²) in [6, 6.07) is -0.0856. The van der Waals surface area contributed by atoms with Gasteiger partial charge < -0.3 is 17.7 Å². The van der Waals surface area contributed by atoms with Crippen LogP contribution in [0.4, 0.5) is 4.79 Å². The first-order chi connectivity index (χ1) is 4.69. The first-order valence-corrected chi connectivity index (χ1v) is 2.99. The summed E-state index contributed by atoms with van der Waals surface area (Å²) in [7, 11) is 3.36. The summed E-state index contributed by atoms with van der Waals surface area (Å²) in [5.74, 6) is 0. The maximum atomic E-state index is 11.1. The molecule has 1 N–H and O–H groups in total. The SMILES string of the molecule is CNC(=O)[N+]1(C)C=CN=C1.[Cl-]. The molecular weight excluding hydrogens is 166 g/mol. The number of hydrogen-bond acceptors (Lipinski definition) is 2. The van der Waals surface area contributed by atoms with Crippen molar-refractivity contribution in [3.05, 3.63) is 12.4 Å². The number of nitrogens with one attached hydrogen (secondary N) is 1. The molecule has 1 unspecified atom stereocenters. The number of aliphatic imine (C=N–C) groups is 1. The molecule has 0 aromatic heterocycles. The lowest BCUT2D eigenvalue weighted by Gasteiger charge is -2.16. The fraction of sp³-hybridized carbons (Fsp3) is 0.333. The topological polar surface area (TPSA) is 41.5 Å². The predicted molar refractivity (Wildman–Crippen MR) is 38.3 cm³/mol. The molecule has 5 heteroatoms. The predicted octanol–water partition coefficient (Wildman–Crippen LogP) is -2.71. The summed E-state index contributed by atoms with van der Waals surface area (Å²) in [5.41, 5.74) is 0. The molecule has 0 radical (unpaired) electrons. The lowest BCUT2D eigenvalue weighted by molar-refractivity contribution is -0.665. The second-order valence-electron chi connectivity index (χ2n) is 2.27. The highest BCUT2D eigenvalue weighted by atomic mass is 35.5. The fourth-order valence-corrected chi connectivity index (χ4v) is 0.753. The summed E-state index contributed by atoms with van der Waals surface area (Å²) in [6.45, 7) is 0. The van der Waals surface area contributed by atoms with E-state index in [2.05, 4.69) is 10.3 Å². The molecule has 0 bridgehead atoms. The minimum absolute atomic E-state index is 0. The van der Waals surface area contributed by atoms with E-state index in [0.717, 1.165) is 0 Å². The molecule has 0 aromatic carbocycles. The number of halogens is 1. The highest BCUT2D eigenvalue weighted by Crippen LogP contribution is 2.06. The van der Waals surface area contributed by atoms with Crippen LogP contribution >= 0.6 is 0 Å². The zero-order chi connectivity index (χ0) is 7.61. The van der Waals surface area contributed by atoms with Gasteiger partial charge in [0.15, 0.2) is 0 Å². The summed E-state index contributed by atoms with van der Waals surface area (Å²) in [4.78, 5) is 14.9. The van der Waals surface area contributed by atoms with Crippen LogP contribution in [0, 0.1) is 0 Å². The van der Waals surface area contributed by atoms with E-state index in [-0.39, 0.29) is 22.9 Å². The molecule has 11 heavy (non-hydrogen) atoms. The van der Waals surface area contributed by atoms with E-state index in [1.807, 2.05) is 0 Å². The first-order valence-electron chi connectivity index (χ1n) is 2.99. The van der Waals surface area contributed by atoms with Crippen LogP contribution in [-0.2, 0) is 0 Å². The van der Waals surface area contributed by atoms with Gasteiger partial charge in [-0.1, -0.05) is 0 Å². The van der Waals surface area contributed by atoms with E-state index < -0.39 is 0 Å². The average Bonchev–Trinajstić information content (AvgIpc) is 2.36. The Kier molecular flexibility index (Phi) is 3.22. The number of rotatable bonds is 0. The van der Waals surface area contributed by atoms with E-state index in [1.165, 1.54) is 0 Å². The molecule has 0 fully saturated rings. The van der Waals surface area contributed by atoms with Gasteiger partial charge in [0.1, 0.15) is 6.20 Å². The Balaban J connectivity index is 0.000001000. The molecule has 62 valence electrons. The number of carbonyl (C=O) groups is 1. The summed E-state index contributed by atoms with van der Waals surface area (Å²) in [5, 5.41) is 2.54. The van der Waals surface area contributed by atoms with Crippen LogP contribution in [0.15, 0.2) is 17.4 Å². The van der Waals surface area contributed by atoms with Gasteiger partial charge in [-0.15, -0.1) is 0 Å². The smallest absolute Gasteiger partial charge is 0.426 e. The van der Waals surface area contributed by atoms with Crippen LogP contribution in [-0.4, -0.2) is 30.9 Å². The Bertz CT molecular complexity index is 200. The first kappa shape index (κ1) is 10.1. The summed E-state index contributed by atoms with van der Waals surface area (Å²) >= 11 is 0. The average molecular weight is 176 g/mol. The van der Waals surface area contributed by atoms with Crippen LogP contribution < -0.4 is 17.7 Å². The molecule has 0 aliphatic carbocycles. The molecule has 0 saturated heterocycles. The van der Waals surface area contributed by atoms with E-state index >= 15 is 0 Å². The van der Waals surface area contributed by atoms with Crippen molar-refractivity contribution < 1.29 is 21.7 Å². The molecule has 0 spiro atoms. The zero-order valence-electron chi connectivity index (χ0n) is 6.41. The van der Waals surface area contributed by atoms with Crippen molar-refractivity contribution >= 4 is 12.4 Å². The van der Waals surface area contributed by atoms with E-state index in [9.17, 15) is 4.79 Å². The molecular formula is C6H10ClN3O. The van der Waals surface area contributed by atoms with Gasteiger partial charge in [-0.2, -0.15) is 4.48 Å². The van der Waals surface area contributed by atoms with Gasteiger partial charge in [-0.25, -0.2) is 9.79 Å². The standard InChI is InChI=1S/C6H9N3O.ClH/c1-7-6(10)9(2)4-3-8-5-9;/h3-5H,1-2H3;1H. The third kappa shape index (κ3) is 1.78. The number of hydrogen-bond donors (Lipinski definition) is 1. The number of carbonyl (C=O) groups excluding carboxylic acids is 1. The molecule has 0 aromatic rings. The Morgan fingerprint density at radius 1 is 1.64 bits per heavy atom. The number of nitrogens with zero attached hydrogens (tertiary/aromatic N) is 2. The monoisotopic (exact) mass is 175 g/mol. The lowest BCUT2D eigenvalue weighted by Crippen LogP contribution is -3.00. The van der Waals surface area contributed by atoms with Crippen LogP contribution in [0.5, 0.6) is 0 Å². The van der Waals surface area contributed by atoms with Gasteiger partial charge in [0, 0.05) is 7.05 Å². The number of urea groups is 1. The van der Waals surface area contributed by atoms with E-state index in [4.69, 9.17) is 0 Å². The number of quaternary nitrogens is 1. The molecule has 1 rings (SSSR count). The number of amides is 2. The molecule has 4 nitrogen and oxygen atoms in total. The highest BCUT2D eigenvalue weighted by Gasteiger charge is 2.28. The third-order valence-electron chi connectivity index (χ3n) is 1.42. The third-order valence-corrected chi connectivity index (χ3v) is 1.42. The van der Waals surface area contributed by atoms with E-state index in [0.29, 0.717) is 0 Å². The van der Waals surface area contributed by atoms with Crippen molar-refractivity contribution in [1.82, 2.24) is 5.32 Å². The molecule has 0 saturated carbocycles. The molecule has 1 heterocycles. The molecule has 2 amide bonds. The Labute approximate surface area is 71.6 Å². The van der Waals surface area contributed by atoms with Crippen molar-refractivity contribution in [2.45, 2.75) is 0 Å². The summed E-state index contributed by atoms with van der Waals surface area (Å²) < 4.78 is 0.108. The van der Waals surface area contributed by atoms with Crippen LogP contribution in [0.3, 0.4) is 0 Å². The van der Waals surface area contributed by atoms with Gasteiger partial charge in [-0.3, -0.25) is 0 Å². The normalized spacial score (nSPS) is 26.4. The van der Waals surface area contributed by atoms with Crippen LogP contribution in [0.25, 0.3) is 0 Å².